The van der Waals surface area contributed by atoms with Gasteiger partial charge in [-0.2, -0.15) is 0 Å². The van der Waals surface area contributed by atoms with Crippen LogP contribution in [0.15, 0.2) is 17.5 Å². The Balaban J connectivity index is 2.87. The summed E-state index contributed by atoms with van der Waals surface area (Å²) in [5.74, 6) is -0.0703. The fraction of sp³-hybridized carbons (Fsp3) is 0.111. The van der Waals surface area contributed by atoms with Crippen LogP contribution in [-0.2, 0) is 5.33 Å². The topological polar surface area (TPSA) is 40.5 Å². The fourth-order valence-corrected chi connectivity index (χ4v) is 2.63. The lowest BCUT2D eigenvalue weighted by Crippen LogP contribution is -1.79. The third kappa shape index (κ3) is 1.30. The van der Waals surface area contributed by atoms with Gasteiger partial charge in [0.15, 0.2) is 11.5 Å². The van der Waals surface area contributed by atoms with Crippen LogP contribution in [0.5, 0.6) is 11.5 Å². The average molecular weight is 259 g/mol. The molecule has 2 nitrogen and oxygen atoms in total. The van der Waals surface area contributed by atoms with Gasteiger partial charge in [0.05, 0.1) is 4.70 Å². The van der Waals surface area contributed by atoms with Crippen LogP contribution in [0.1, 0.15) is 5.56 Å². The molecule has 0 saturated carbocycles. The third-order valence-corrected chi connectivity index (χ3v) is 3.45. The molecule has 2 rings (SSSR count). The van der Waals surface area contributed by atoms with Crippen molar-refractivity contribution in [2.24, 2.45) is 0 Å². The Bertz CT molecular complexity index is 450. The summed E-state index contributed by atoms with van der Waals surface area (Å²) in [6.07, 6.45) is 0. The second-order valence-corrected chi connectivity index (χ2v) is 4.18. The van der Waals surface area contributed by atoms with Gasteiger partial charge in [-0.3, -0.25) is 0 Å². The highest BCUT2D eigenvalue weighted by atomic mass is 79.9. The number of phenols is 2. The minimum absolute atomic E-state index is 0.0188. The van der Waals surface area contributed by atoms with Crippen LogP contribution in [-0.4, -0.2) is 10.2 Å². The van der Waals surface area contributed by atoms with Crippen molar-refractivity contribution in [3.8, 4) is 11.5 Å². The van der Waals surface area contributed by atoms with Gasteiger partial charge < -0.3 is 10.2 Å². The van der Waals surface area contributed by atoms with Crippen LogP contribution >= 0.6 is 27.3 Å². The first-order chi connectivity index (χ1) is 6.24. The maximum Gasteiger partial charge on any atom is 0.175 e. The lowest BCUT2D eigenvalue weighted by Gasteiger charge is -2.03. The zero-order valence-corrected chi connectivity index (χ0v) is 9.02. The largest absolute Gasteiger partial charge is 0.504 e. The molecule has 13 heavy (non-hydrogen) atoms. The van der Waals surface area contributed by atoms with Gasteiger partial charge in [-0.1, -0.05) is 15.9 Å². The molecule has 0 amide bonds. The predicted molar refractivity (Wildman–Crippen MR) is 57.8 cm³/mol. The van der Waals surface area contributed by atoms with E-state index >= 15 is 0 Å². The highest BCUT2D eigenvalue weighted by molar-refractivity contribution is 9.08. The first-order valence-corrected chi connectivity index (χ1v) is 5.71. The van der Waals surface area contributed by atoms with Crippen molar-refractivity contribution in [1.29, 1.82) is 0 Å². The molecule has 0 fully saturated rings. The van der Waals surface area contributed by atoms with Crippen molar-refractivity contribution in [3.05, 3.63) is 23.1 Å². The predicted octanol–water partition coefficient (Wildman–Crippen LogP) is 3.21. The highest BCUT2D eigenvalue weighted by Gasteiger charge is 2.10. The summed E-state index contributed by atoms with van der Waals surface area (Å²) >= 11 is 4.76. The zero-order chi connectivity index (χ0) is 9.42. The molecule has 0 aliphatic rings. The number of hydrogen-bond acceptors (Lipinski definition) is 3. The number of fused-ring (bicyclic) bond motifs is 1. The van der Waals surface area contributed by atoms with E-state index in [9.17, 15) is 10.2 Å². The average Bonchev–Trinajstić information content (AvgIpc) is 2.60. The molecule has 1 aromatic heterocycles. The van der Waals surface area contributed by atoms with Crippen LogP contribution < -0.4 is 0 Å². The van der Waals surface area contributed by atoms with Gasteiger partial charge in [0.1, 0.15) is 0 Å². The van der Waals surface area contributed by atoms with Gasteiger partial charge in [-0.05, 0) is 23.1 Å². The van der Waals surface area contributed by atoms with Crippen LogP contribution in [0.3, 0.4) is 0 Å². The molecule has 68 valence electrons. The van der Waals surface area contributed by atoms with Crippen LogP contribution in [0.25, 0.3) is 10.1 Å². The van der Waals surface area contributed by atoms with Crippen LogP contribution in [0.4, 0.5) is 0 Å². The summed E-state index contributed by atoms with van der Waals surface area (Å²) in [6.45, 7) is 0. The second kappa shape index (κ2) is 3.20. The maximum absolute atomic E-state index is 9.51. The van der Waals surface area contributed by atoms with E-state index in [4.69, 9.17) is 0 Å². The molecule has 0 unspecified atom stereocenters. The third-order valence-electron chi connectivity index (χ3n) is 1.92. The van der Waals surface area contributed by atoms with Gasteiger partial charge in [0.25, 0.3) is 0 Å². The molecule has 4 heteroatoms. The zero-order valence-electron chi connectivity index (χ0n) is 6.62. The number of hydrogen-bond donors (Lipinski definition) is 2. The monoisotopic (exact) mass is 258 g/mol. The number of halogens is 1. The number of aromatic hydroxyl groups is 2. The Morgan fingerprint density at radius 3 is 2.85 bits per heavy atom. The summed E-state index contributed by atoms with van der Waals surface area (Å²) < 4.78 is 0.745. The Hall–Kier alpha value is -0.740. The van der Waals surface area contributed by atoms with E-state index in [-0.39, 0.29) is 11.5 Å². The van der Waals surface area contributed by atoms with E-state index in [0.29, 0.717) is 5.33 Å². The minimum Gasteiger partial charge on any atom is -0.504 e. The second-order valence-electron chi connectivity index (χ2n) is 2.70. The number of rotatable bonds is 1. The molecular formula is C9H7BrO2S. The van der Waals surface area contributed by atoms with E-state index in [1.165, 1.54) is 11.3 Å². The summed E-state index contributed by atoms with van der Waals surface area (Å²) in [7, 11) is 0. The highest BCUT2D eigenvalue weighted by Crippen LogP contribution is 2.39. The number of phenolic OH excluding ortho intramolecular Hbond substituents is 2. The molecule has 1 aromatic carbocycles. The van der Waals surface area contributed by atoms with Crippen LogP contribution in [0, 0.1) is 0 Å². The van der Waals surface area contributed by atoms with Crippen molar-refractivity contribution < 1.29 is 10.2 Å². The van der Waals surface area contributed by atoms with E-state index in [0.717, 1.165) is 15.6 Å². The molecule has 1 heterocycles. The summed E-state index contributed by atoms with van der Waals surface area (Å²) in [5, 5.41) is 22.5. The van der Waals surface area contributed by atoms with Gasteiger partial charge in [0, 0.05) is 10.7 Å². The molecule has 0 aliphatic heterocycles. The van der Waals surface area contributed by atoms with Gasteiger partial charge in [0.2, 0.25) is 0 Å². The number of thiophene rings is 1. The number of benzene rings is 1. The van der Waals surface area contributed by atoms with Crippen LogP contribution in [0.2, 0.25) is 0 Å². The minimum atomic E-state index is -0.0515. The van der Waals surface area contributed by atoms with Crippen molar-refractivity contribution in [2.45, 2.75) is 5.33 Å². The van der Waals surface area contributed by atoms with Crippen molar-refractivity contribution in [1.82, 2.24) is 0 Å². The molecule has 2 aromatic rings. The quantitative estimate of drug-likeness (QED) is 0.609. The summed E-state index contributed by atoms with van der Waals surface area (Å²) in [5.41, 5.74) is 0.992. The maximum atomic E-state index is 9.51. The summed E-state index contributed by atoms with van der Waals surface area (Å²) in [4.78, 5) is 0. The molecule has 0 aliphatic carbocycles. The molecule has 2 N–H and O–H groups in total. The standard InChI is InChI=1S/C9H7BrO2S/c10-4-5-3-7(11)8(12)9-6(5)1-2-13-9/h1-3,11-12H,4H2. The Morgan fingerprint density at radius 2 is 2.15 bits per heavy atom. The van der Waals surface area contributed by atoms with Gasteiger partial charge >= 0.3 is 0 Å². The van der Waals surface area contributed by atoms with Gasteiger partial charge in [-0.15, -0.1) is 11.3 Å². The Labute approximate surface area is 87.6 Å². The van der Waals surface area contributed by atoms with Crippen molar-refractivity contribution in [3.63, 3.8) is 0 Å². The fourth-order valence-electron chi connectivity index (χ4n) is 1.28. The lowest BCUT2D eigenvalue weighted by molar-refractivity contribution is 0.408. The first-order valence-electron chi connectivity index (χ1n) is 3.71. The van der Waals surface area contributed by atoms with Crippen molar-refractivity contribution in [2.75, 3.05) is 0 Å². The lowest BCUT2D eigenvalue weighted by atomic mass is 10.1. The molecule has 0 saturated heterocycles. The molecule has 0 spiro atoms. The smallest absolute Gasteiger partial charge is 0.175 e. The van der Waals surface area contributed by atoms with Gasteiger partial charge in [-0.25, -0.2) is 0 Å². The van der Waals surface area contributed by atoms with E-state index in [1.807, 2.05) is 11.4 Å². The Morgan fingerprint density at radius 1 is 1.38 bits per heavy atom. The van der Waals surface area contributed by atoms with Crippen molar-refractivity contribution >= 4 is 37.4 Å². The first kappa shape index (κ1) is 8.84. The van der Waals surface area contributed by atoms with E-state index < -0.39 is 0 Å². The Kier molecular flexibility index (Phi) is 2.17. The summed E-state index contributed by atoms with van der Waals surface area (Å²) in [6, 6.07) is 3.52. The normalized spacial score (nSPS) is 10.8. The molecule has 0 radical (unpaired) electrons. The SMILES string of the molecule is Oc1cc(CBr)c2ccsc2c1O. The molecule has 0 atom stereocenters. The molecular weight excluding hydrogens is 252 g/mol. The van der Waals surface area contributed by atoms with E-state index in [1.54, 1.807) is 6.07 Å². The number of alkyl halides is 1. The van der Waals surface area contributed by atoms with E-state index in [2.05, 4.69) is 15.9 Å². The molecule has 0 bridgehead atoms.